The SMILES string of the molecule is COC(=O)Nc1cc(-n2cc(-c3ncn[nH]3)c(-c3ccc(C(F)(F)F)cc3Cl)n2)c(C)cn1. The van der Waals surface area contributed by atoms with Gasteiger partial charge in [0.2, 0.25) is 0 Å². The summed E-state index contributed by atoms with van der Waals surface area (Å²) in [4.78, 5) is 19.8. The van der Waals surface area contributed by atoms with Gasteiger partial charge in [-0.2, -0.15) is 23.4 Å². The number of aryl methyl sites for hydroxylation is 1. The second-order valence-corrected chi connectivity index (χ2v) is 7.24. The van der Waals surface area contributed by atoms with Gasteiger partial charge in [-0.3, -0.25) is 10.4 Å². The van der Waals surface area contributed by atoms with Gasteiger partial charge in [0.1, 0.15) is 17.8 Å². The van der Waals surface area contributed by atoms with E-state index >= 15 is 0 Å². The molecular formula is C20H15ClF3N7O2. The van der Waals surface area contributed by atoms with Crippen LogP contribution in [0.15, 0.2) is 43.0 Å². The van der Waals surface area contributed by atoms with Crippen LogP contribution in [0.4, 0.5) is 23.8 Å². The minimum absolute atomic E-state index is 0.129. The summed E-state index contributed by atoms with van der Waals surface area (Å²) in [6.45, 7) is 1.78. The van der Waals surface area contributed by atoms with Crippen LogP contribution in [0.1, 0.15) is 11.1 Å². The van der Waals surface area contributed by atoms with E-state index in [9.17, 15) is 18.0 Å². The monoisotopic (exact) mass is 477 g/mol. The fourth-order valence-electron chi connectivity index (χ4n) is 3.07. The van der Waals surface area contributed by atoms with E-state index in [0.29, 0.717) is 22.6 Å². The van der Waals surface area contributed by atoms with Gasteiger partial charge in [0.25, 0.3) is 0 Å². The van der Waals surface area contributed by atoms with Gasteiger partial charge < -0.3 is 4.74 Å². The third-order valence-corrected chi connectivity index (χ3v) is 4.99. The first kappa shape index (κ1) is 22.3. The predicted octanol–water partition coefficient (Wildman–Crippen LogP) is 4.88. The first-order valence-corrected chi connectivity index (χ1v) is 9.69. The molecule has 4 aromatic rings. The van der Waals surface area contributed by atoms with Crippen molar-refractivity contribution in [3.05, 3.63) is 59.1 Å². The number of hydrogen-bond donors (Lipinski definition) is 2. The molecule has 0 unspecified atom stereocenters. The van der Waals surface area contributed by atoms with Crippen LogP contribution < -0.4 is 5.32 Å². The van der Waals surface area contributed by atoms with Crippen LogP contribution in [0.2, 0.25) is 5.02 Å². The van der Waals surface area contributed by atoms with Gasteiger partial charge in [-0.15, -0.1) is 0 Å². The van der Waals surface area contributed by atoms with Crippen LogP contribution in [0, 0.1) is 6.92 Å². The number of H-pyrrole nitrogens is 1. The second kappa shape index (κ2) is 8.54. The number of nitrogens with zero attached hydrogens (tertiary/aromatic N) is 5. The third kappa shape index (κ3) is 4.51. The summed E-state index contributed by atoms with van der Waals surface area (Å²) in [5.41, 5.74) is 1.39. The Morgan fingerprint density at radius 3 is 2.64 bits per heavy atom. The summed E-state index contributed by atoms with van der Waals surface area (Å²) in [6.07, 6.45) is -0.791. The third-order valence-electron chi connectivity index (χ3n) is 4.67. The first-order chi connectivity index (χ1) is 15.7. The van der Waals surface area contributed by atoms with Gasteiger partial charge in [0.05, 0.1) is 28.9 Å². The molecule has 0 aliphatic rings. The Bertz CT molecular complexity index is 1320. The lowest BCUT2D eigenvalue weighted by Crippen LogP contribution is -2.13. The second-order valence-electron chi connectivity index (χ2n) is 6.84. The van der Waals surface area contributed by atoms with Crippen LogP contribution in [0.3, 0.4) is 0 Å². The van der Waals surface area contributed by atoms with Crippen molar-refractivity contribution in [1.29, 1.82) is 0 Å². The number of rotatable bonds is 4. The van der Waals surface area contributed by atoms with Gasteiger partial charge in [0, 0.05) is 24.0 Å². The van der Waals surface area contributed by atoms with Crippen molar-refractivity contribution in [3.63, 3.8) is 0 Å². The van der Waals surface area contributed by atoms with E-state index in [-0.39, 0.29) is 22.1 Å². The molecule has 33 heavy (non-hydrogen) atoms. The van der Waals surface area contributed by atoms with E-state index in [1.807, 2.05) is 0 Å². The minimum Gasteiger partial charge on any atom is -0.453 e. The average Bonchev–Trinajstić information content (AvgIpc) is 3.44. The van der Waals surface area contributed by atoms with E-state index in [1.165, 1.54) is 30.4 Å². The highest BCUT2D eigenvalue weighted by atomic mass is 35.5. The number of methoxy groups -OCH3 is 1. The lowest BCUT2D eigenvalue weighted by Gasteiger charge is -2.10. The molecule has 0 atom stereocenters. The zero-order valence-corrected chi connectivity index (χ0v) is 17.9. The molecule has 1 aromatic carbocycles. The normalized spacial score (nSPS) is 11.5. The number of alkyl halides is 3. The van der Waals surface area contributed by atoms with Crippen LogP contribution >= 0.6 is 11.6 Å². The smallest absolute Gasteiger partial charge is 0.416 e. The van der Waals surface area contributed by atoms with E-state index in [2.05, 4.69) is 35.3 Å². The molecule has 3 heterocycles. The molecule has 0 saturated heterocycles. The highest BCUT2D eigenvalue weighted by Crippen LogP contribution is 2.38. The Balaban J connectivity index is 1.85. The molecule has 4 rings (SSSR count). The Labute approximate surface area is 189 Å². The fourth-order valence-corrected chi connectivity index (χ4v) is 3.34. The molecule has 0 spiro atoms. The van der Waals surface area contributed by atoms with E-state index in [4.69, 9.17) is 11.6 Å². The number of halogens is 4. The number of carbonyl (C=O) groups excluding carboxylic acids is 1. The highest BCUT2D eigenvalue weighted by molar-refractivity contribution is 6.33. The molecule has 0 aliphatic heterocycles. The number of hydrogen-bond acceptors (Lipinski definition) is 6. The number of aromatic amines is 1. The number of ether oxygens (including phenoxy) is 1. The van der Waals surface area contributed by atoms with Gasteiger partial charge in [-0.1, -0.05) is 17.7 Å². The summed E-state index contributed by atoms with van der Waals surface area (Å²) in [5, 5.41) is 13.4. The number of anilines is 1. The Morgan fingerprint density at radius 2 is 2.00 bits per heavy atom. The largest absolute Gasteiger partial charge is 0.453 e. The summed E-state index contributed by atoms with van der Waals surface area (Å²) >= 11 is 6.22. The van der Waals surface area contributed by atoms with Crippen LogP contribution in [-0.4, -0.2) is 43.1 Å². The highest BCUT2D eigenvalue weighted by Gasteiger charge is 2.31. The van der Waals surface area contributed by atoms with Crippen molar-refractivity contribution in [3.8, 4) is 28.3 Å². The first-order valence-electron chi connectivity index (χ1n) is 9.32. The Kier molecular flexibility index (Phi) is 5.77. The van der Waals surface area contributed by atoms with Crippen molar-refractivity contribution in [2.75, 3.05) is 12.4 Å². The topological polar surface area (TPSA) is 111 Å². The molecule has 0 bridgehead atoms. The zero-order chi connectivity index (χ0) is 23.8. The molecule has 2 N–H and O–H groups in total. The van der Waals surface area contributed by atoms with Crippen LogP contribution in [0.25, 0.3) is 28.3 Å². The molecule has 9 nitrogen and oxygen atoms in total. The number of carbonyl (C=O) groups is 1. The van der Waals surface area contributed by atoms with Gasteiger partial charge in [-0.05, 0) is 24.6 Å². The van der Waals surface area contributed by atoms with Gasteiger partial charge >= 0.3 is 12.3 Å². The molecule has 1 amide bonds. The maximum atomic E-state index is 13.1. The number of amides is 1. The minimum atomic E-state index is -4.54. The van der Waals surface area contributed by atoms with Crippen molar-refractivity contribution in [2.24, 2.45) is 0 Å². The summed E-state index contributed by atoms with van der Waals surface area (Å²) in [5.74, 6) is 0.556. The van der Waals surface area contributed by atoms with E-state index < -0.39 is 17.8 Å². The molecule has 0 fully saturated rings. The summed E-state index contributed by atoms with van der Waals surface area (Å²) in [7, 11) is 1.22. The van der Waals surface area contributed by atoms with Crippen LogP contribution in [-0.2, 0) is 10.9 Å². The molecule has 0 radical (unpaired) electrons. The zero-order valence-electron chi connectivity index (χ0n) is 17.1. The Hall–Kier alpha value is -3.93. The van der Waals surface area contributed by atoms with Crippen molar-refractivity contribution < 1.29 is 22.7 Å². The molecule has 13 heteroatoms. The molecular weight excluding hydrogens is 463 g/mol. The summed E-state index contributed by atoms with van der Waals surface area (Å²) in [6, 6.07) is 4.60. The quantitative estimate of drug-likeness (QED) is 0.433. The molecule has 0 saturated carbocycles. The standard InChI is InChI=1S/C20H15ClF3N7O2/c1-10-7-25-16(28-19(32)33-2)6-15(10)31-8-13(18-26-9-27-29-18)17(30-31)12-4-3-11(5-14(12)21)20(22,23)24/h3-9H,1-2H3,(H,25,28,32)(H,26,27,29). The van der Waals surface area contributed by atoms with Gasteiger partial charge in [0.15, 0.2) is 5.82 Å². The van der Waals surface area contributed by atoms with Crippen LogP contribution in [0.5, 0.6) is 0 Å². The van der Waals surface area contributed by atoms with Crippen molar-refractivity contribution >= 4 is 23.5 Å². The maximum Gasteiger partial charge on any atom is 0.416 e. The molecule has 3 aromatic heterocycles. The average molecular weight is 478 g/mol. The van der Waals surface area contributed by atoms with Crippen molar-refractivity contribution in [1.82, 2.24) is 29.9 Å². The molecule has 0 aliphatic carbocycles. The van der Waals surface area contributed by atoms with E-state index in [0.717, 1.165) is 12.1 Å². The summed E-state index contributed by atoms with van der Waals surface area (Å²) < 4.78 is 45.3. The van der Waals surface area contributed by atoms with Gasteiger partial charge in [-0.25, -0.2) is 19.4 Å². The predicted molar refractivity (Wildman–Crippen MR) is 113 cm³/mol. The lowest BCUT2D eigenvalue weighted by atomic mass is 10.1. The molecule has 170 valence electrons. The maximum absolute atomic E-state index is 13.1. The van der Waals surface area contributed by atoms with E-state index in [1.54, 1.807) is 19.2 Å². The Morgan fingerprint density at radius 1 is 1.21 bits per heavy atom. The number of pyridine rings is 1. The number of nitrogens with one attached hydrogen (secondary N) is 2. The number of benzene rings is 1. The fraction of sp³-hybridized carbons (Fsp3) is 0.150. The number of aromatic nitrogens is 6. The lowest BCUT2D eigenvalue weighted by molar-refractivity contribution is -0.137. The van der Waals surface area contributed by atoms with Crippen molar-refractivity contribution in [2.45, 2.75) is 13.1 Å².